The molecule has 2 saturated carbocycles. The lowest BCUT2D eigenvalue weighted by Gasteiger charge is -2.32. The maximum Gasteiger partial charge on any atom is 0.0595 e. The van der Waals surface area contributed by atoms with Crippen LogP contribution < -0.4 is 5.32 Å². The molecule has 2 aliphatic rings. The summed E-state index contributed by atoms with van der Waals surface area (Å²) in [5.74, 6) is 2.00. The molecule has 3 heteroatoms. The van der Waals surface area contributed by atoms with Crippen LogP contribution >= 0.6 is 23.2 Å². The van der Waals surface area contributed by atoms with Crippen LogP contribution in [-0.2, 0) is 6.42 Å². The van der Waals surface area contributed by atoms with Crippen molar-refractivity contribution in [3.05, 3.63) is 33.8 Å². The van der Waals surface area contributed by atoms with Gasteiger partial charge < -0.3 is 5.32 Å². The highest BCUT2D eigenvalue weighted by atomic mass is 35.5. The number of benzene rings is 1. The van der Waals surface area contributed by atoms with Crippen molar-refractivity contribution in [2.24, 2.45) is 17.3 Å². The molecule has 2 atom stereocenters. The van der Waals surface area contributed by atoms with Crippen molar-refractivity contribution in [3.8, 4) is 0 Å². The summed E-state index contributed by atoms with van der Waals surface area (Å²) in [6.45, 7) is 4.50. The fourth-order valence-electron chi connectivity index (χ4n) is 3.97. The zero-order valence-electron chi connectivity index (χ0n) is 12.1. The van der Waals surface area contributed by atoms with E-state index in [0.29, 0.717) is 15.5 Å². The highest BCUT2D eigenvalue weighted by Crippen LogP contribution is 2.60. The molecule has 0 aliphatic heterocycles. The fraction of sp³-hybridized carbons (Fsp3) is 0.647. The third-order valence-corrected chi connectivity index (χ3v) is 5.69. The summed E-state index contributed by atoms with van der Waals surface area (Å²) >= 11 is 12.2. The Morgan fingerprint density at radius 1 is 1.20 bits per heavy atom. The van der Waals surface area contributed by atoms with Gasteiger partial charge in [0.1, 0.15) is 0 Å². The average Bonchev–Trinajstić information content (AvgIpc) is 3.03. The van der Waals surface area contributed by atoms with Gasteiger partial charge in [-0.1, -0.05) is 36.2 Å². The Kier molecular flexibility index (Phi) is 4.31. The molecule has 110 valence electrons. The first-order chi connectivity index (χ1) is 9.62. The standard InChI is InChI=1S/C17H23Cl2N/c1-2-5-20-11-17(9-13-7-14(13)10-17)8-12-3-4-15(18)16(19)6-12/h3-4,6,13-14,20H,2,5,7-11H2,1H3. The second kappa shape index (κ2) is 5.87. The van der Waals surface area contributed by atoms with E-state index < -0.39 is 0 Å². The minimum Gasteiger partial charge on any atom is -0.316 e. The Labute approximate surface area is 132 Å². The van der Waals surface area contributed by atoms with Gasteiger partial charge in [0.15, 0.2) is 0 Å². The van der Waals surface area contributed by atoms with Gasteiger partial charge in [0.25, 0.3) is 0 Å². The Morgan fingerprint density at radius 2 is 1.95 bits per heavy atom. The molecular weight excluding hydrogens is 289 g/mol. The average molecular weight is 312 g/mol. The number of fused-ring (bicyclic) bond motifs is 1. The Hall–Kier alpha value is -0.240. The van der Waals surface area contributed by atoms with Crippen molar-refractivity contribution >= 4 is 23.2 Å². The van der Waals surface area contributed by atoms with Crippen molar-refractivity contribution in [1.82, 2.24) is 5.32 Å². The van der Waals surface area contributed by atoms with Crippen LogP contribution in [0.5, 0.6) is 0 Å². The van der Waals surface area contributed by atoms with Gasteiger partial charge in [-0.25, -0.2) is 0 Å². The van der Waals surface area contributed by atoms with Gasteiger partial charge in [0, 0.05) is 6.54 Å². The van der Waals surface area contributed by atoms with E-state index in [1.807, 2.05) is 6.07 Å². The summed E-state index contributed by atoms with van der Waals surface area (Å²) in [5, 5.41) is 4.99. The fourth-order valence-corrected chi connectivity index (χ4v) is 4.29. The van der Waals surface area contributed by atoms with Crippen molar-refractivity contribution < 1.29 is 0 Å². The summed E-state index contributed by atoms with van der Waals surface area (Å²) in [6.07, 6.45) is 6.57. The van der Waals surface area contributed by atoms with E-state index in [-0.39, 0.29) is 0 Å². The monoisotopic (exact) mass is 311 g/mol. The van der Waals surface area contributed by atoms with E-state index >= 15 is 0 Å². The molecule has 1 nitrogen and oxygen atoms in total. The number of rotatable bonds is 6. The van der Waals surface area contributed by atoms with Crippen molar-refractivity contribution in [3.63, 3.8) is 0 Å². The lowest BCUT2D eigenvalue weighted by molar-refractivity contribution is 0.249. The third-order valence-electron chi connectivity index (χ3n) is 4.95. The largest absolute Gasteiger partial charge is 0.316 e. The number of hydrogen-bond donors (Lipinski definition) is 1. The quantitative estimate of drug-likeness (QED) is 0.733. The molecule has 0 saturated heterocycles. The van der Waals surface area contributed by atoms with Crippen LogP contribution in [0.25, 0.3) is 0 Å². The van der Waals surface area contributed by atoms with Crippen molar-refractivity contribution in [2.45, 2.75) is 39.0 Å². The van der Waals surface area contributed by atoms with E-state index in [4.69, 9.17) is 23.2 Å². The van der Waals surface area contributed by atoms with Crippen LogP contribution in [0.15, 0.2) is 18.2 Å². The van der Waals surface area contributed by atoms with Crippen LogP contribution in [-0.4, -0.2) is 13.1 Å². The van der Waals surface area contributed by atoms with Crippen LogP contribution in [0.3, 0.4) is 0 Å². The molecule has 3 rings (SSSR count). The van der Waals surface area contributed by atoms with Gasteiger partial charge >= 0.3 is 0 Å². The summed E-state index contributed by atoms with van der Waals surface area (Å²) in [6, 6.07) is 6.12. The van der Waals surface area contributed by atoms with E-state index in [0.717, 1.165) is 31.3 Å². The summed E-state index contributed by atoms with van der Waals surface area (Å²) in [7, 11) is 0. The van der Waals surface area contributed by atoms with Gasteiger partial charge in [-0.05, 0) is 73.6 Å². The number of hydrogen-bond acceptors (Lipinski definition) is 1. The molecule has 1 N–H and O–H groups in total. The molecule has 1 aromatic rings. The molecule has 2 aliphatic carbocycles. The molecular formula is C17H23Cl2N. The Balaban J connectivity index is 1.71. The van der Waals surface area contributed by atoms with Crippen molar-refractivity contribution in [2.75, 3.05) is 13.1 Å². The molecule has 20 heavy (non-hydrogen) atoms. The Morgan fingerprint density at radius 3 is 2.60 bits per heavy atom. The predicted octanol–water partition coefficient (Wildman–Crippen LogP) is 4.95. The minimum atomic E-state index is 0.444. The third kappa shape index (κ3) is 3.16. The van der Waals surface area contributed by atoms with Crippen LogP contribution in [0.2, 0.25) is 10.0 Å². The second-order valence-corrected chi connectivity index (χ2v) is 7.58. The van der Waals surface area contributed by atoms with E-state index in [2.05, 4.69) is 24.4 Å². The number of halogens is 2. The molecule has 0 heterocycles. The summed E-state index contributed by atoms with van der Waals surface area (Å²) in [4.78, 5) is 0. The minimum absolute atomic E-state index is 0.444. The molecule has 0 bridgehead atoms. The van der Waals surface area contributed by atoms with Gasteiger partial charge in [-0.3, -0.25) is 0 Å². The van der Waals surface area contributed by atoms with Crippen LogP contribution in [0.1, 0.15) is 38.2 Å². The van der Waals surface area contributed by atoms with E-state index in [1.165, 1.54) is 31.2 Å². The lowest BCUT2D eigenvalue weighted by Crippen LogP contribution is -2.35. The van der Waals surface area contributed by atoms with Gasteiger partial charge in [-0.2, -0.15) is 0 Å². The van der Waals surface area contributed by atoms with Gasteiger partial charge in [-0.15, -0.1) is 0 Å². The molecule has 0 radical (unpaired) electrons. The van der Waals surface area contributed by atoms with Crippen LogP contribution in [0.4, 0.5) is 0 Å². The van der Waals surface area contributed by atoms with E-state index in [1.54, 1.807) is 0 Å². The normalized spacial score (nSPS) is 31.4. The zero-order valence-corrected chi connectivity index (χ0v) is 13.6. The van der Waals surface area contributed by atoms with Crippen LogP contribution in [0, 0.1) is 17.3 Å². The maximum absolute atomic E-state index is 6.16. The topological polar surface area (TPSA) is 12.0 Å². The molecule has 0 spiro atoms. The molecule has 0 aromatic heterocycles. The molecule has 0 amide bonds. The first-order valence-corrected chi connectivity index (χ1v) is 8.52. The summed E-state index contributed by atoms with van der Waals surface area (Å²) < 4.78 is 0. The Bertz CT molecular complexity index is 476. The zero-order chi connectivity index (χ0) is 14.2. The molecule has 2 unspecified atom stereocenters. The van der Waals surface area contributed by atoms with Gasteiger partial charge in [0.2, 0.25) is 0 Å². The lowest BCUT2D eigenvalue weighted by atomic mass is 9.77. The molecule has 2 fully saturated rings. The highest BCUT2D eigenvalue weighted by Gasteiger charge is 2.53. The first-order valence-electron chi connectivity index (χ1n) is 7.76. The molecule has 1 aromatic carbocycles. The maximum atomic E-state index is 6.16. The smallest absolute Gasteiger partial charge is 0.0595 e. The SMILES string of the molecule is CCCNCC1(Cc2ccc(Cl)c(Cl)c2)CC2CC2C1. The summed E-state index contributed by atoms with van der Waals surface area (Å²) in [5.41, 5.74) is 1.78. The predicted molar refractivity (Wildman–Crippen MR) is 86.6 cm³/mol. The number of nitrogens with one attached hydrogen (secondary N) is 1. The van der Waals surface area contributed by atoms with Gasteiger partial charge in [0.05, 0.1) is 10.0 Å². The first kappa shape index (κ1) is 14.7. The van der Waals surface area contributed by atoms with Crippen molar-refractivity contribution in [1.29, 1.82) is 0 Å². The second-order valence-electron chi connectivity index (χ2n) is 6.77. The van der Waals surface area contributed by atoms with E-state index in [9.17, 15) is 0 Å². The highest BCUT2D eigenvalue weighted by molar-refractivity contribution is 6.42.